The molecule has 0 aromatic heterocycles. The van der Waals surface area contributed by atoms with Gasteiger partial charge in [0.05, 0.1) is 0 Å². The molecule has 1 heterocycles. The lowest BCUT2D eigenvalue weighted by Crippen LogP contribution is -2.18. The van der Waals surface area contributed by atoms with Gasteiger partial charge in [-0.2, -0.15) is 0 Å². The third-order valence-electron chi connectivity index (χ3n) is 4.88. The predicted octanol–water partition coefficient (Wildman–Crippen LogP) is 4.27. The highest BCUT2D eigenvalue weighted by atomic mass is 15.1. The summed E-state index contributed by atoms with van der Waals surface area (Å²) in [7, 11) is 0. The van der Waals surface area contributed by atoms with Gasteiger partial charge in [0.15, 0.2) is 0 Å². The van der Waals surface area contributed by atoms with Crippen LogP contribution in [-0.4, -0.2) is 24.5 Å². The molecular weight excluding hydrogens is 244 g/mol. The normalized spacial score (nSPS) is 21.2. The molecular formula is C18H28N2. The fourth-order valence-electron chi connectivity index (χ4n) is 3.58. The van der Waals surface area contributed by atoms with Crippen LogP contribution in [0.25, 0.3) is 0 Å². The maximum atomic E-state index is 3.62. The third-order valence-corrected chi connectivity index (χ3v) is 4.88. The van der Waals surface area contributed by atoms with E-state index in [9.17, 15) is 0 Å². The minimum absolute atomic E-state index is 0.896. The van der Waals surface area contributed by atoms with Gasteiger partial charge < -0.3 is 5.32 Å². The first-order chi connectivity index (χ1) is 9.90. The van der Waals surface area contributed by atoms with E-state index in [0.29, 0.717) is 0 Å². The lowest BCUT2D eigenvalue weighted by Gasteiger charge is -2.22. The maximum Gasteiger partial charge on any atom is 0.0340 e. The Balaban J connectivity index is 1.45. The molecule has 1 aliphatic carbocycles. The van der Waals surface area contributed by atoms with Crippen LogP contribution in [0, 0.1) is 5.92 Å². The molecule has 2 nitrogen and oxygen atoms in total. The Labute approximate surface area is 123 Å². The lowest BCUT2D eigenvalue weighted by molar-refractivity contribution is 0.331. The van der Waals surface area contributed by atoms with E-state index < -0.39 is 0 Å². The summed E-state index contributed by atoms with van der Waals surface area (Å²) in [5.74, 6) is 0.896. The molecule has 1 aliphatic heterocycles. The second-order valence-electron chi connectivity index (χ2n) is 6.57. The molecule has 0 spiro atoms. The number of nitrogens with one attached hydrogen (secondary N) is 1. The Bertz CT molecular complexity index is 386. The predicted molar refractivity (Wildman–Crippen MR) is 86.0 cm³/mol. The highest BCUT2D eigenvalue weighted by Crippen LogP contribution is 2.24. The average molecular weight is 272 g/mol. The van der Waals surface area contributed by atoms with Gasteiger partial charge >= 0.3 is 0 Å². The monoisotopic (exact) mass is 272 g/mol. The maximum absolute atomic E-state index is 3.62. The highest BCUT2D eigenvalue weighted by molar-refractivity contribution is 5.44. The van der Waals surface area contributed by atoms with Crippen molar-refractivity contribution in [1.82, 2.24) is 4.90 Å². The molecule has 0 unspecified atom stereocenters. The Morgan fingerprint density at radius 3 is 2.30 bits per heavy atom. The first kappa shape index (κ1) is 13.9. The van der Waals surface area contributed by atoms with E-state index in [1.807, 2.05) is 0 Å². The molecule has 0 atom stereocenters. The summed E-state index contributed by atoms with van der Waals surface area (Å²) in [5, 5.41) is 3.62. The van der Waals surface area contributed by atoms with Crippen molar-refractivity contribution >= 4 is 5.69 Å². The molecule has 2 fully saturated rings. The molecule has 110 valence electrons. The molecule has 0 bridgehead atoms. The van der Waals surface area contributed by atoms with Crippen LogP contribution in [-0.2, 0) is 6.54 Å². The van der Waals surface area contributed by atoms with Crippen molar-refractivity contribution in [3.05, 3.63) is 29.8 Å². The van der Waals surface area contributed by atoms with E-state index in [0.717, 1.165) is 19.0 Å². The summed E-state index contributed by atoms with van der Waals surface area (Å²) in [4.78, 5) is 2.56. The summed E-state index contributed by atoms with van der Waals surface area (Å²) in [6.07, 6.45) is 9.89. The molecule has 1 aromatic rings. The lowest BCUT2D eigenvalue weighted by atomic mass is 9.89. The summed E-state index contributed by atoms with van der Waals surface area (Å²) in [6, 6.07) is 9.10. The zero-order valence-electron chi connectivity index (χ0n) is 12.6. The van der Waals surface area contributed by atoms with Gasteiger partial charge in [-0.15, -0.1) is 0 Å². The zero-order chi connectivity index (χ0) is 13.6. The van der Waals surface area contributed by atoms with Gasteiger partial charge in [0, 0.05) is 18.8 Å². The summed E-state index contributed by atoms with van der Waals surface area (Å²) in [5.41, 5.74) is 2.75. The molecule has 1 saturated heterocycles. The molecule has 20 heavy (non-hydrogen) atoms. The molecule has 1 saturated carbocycles. The molecule has 0 radical (unpaired) electrons. The second kappa shape index (κ2) is 7.12. The van der Waals surface area contributed by atoms with Crippen molar-refractivity contribution in [3.8, 4) is 0 Å². The number of anilines is 1. The van der Waals surface area contributed by atoms with E-state index in [2.05, 4.69) is 34.5 Å². The van der Waals surface area contributed by atoms with Gasteiger partial charge in [-0.3, -0.25) is 4.90 Å². The zero-order valence-corrected chi connectivity index (χ0v) is 12.6. The third kappa shape index (κ3) is 3.99. The van der Waals surface area contributed by atoms with E-state index in [-0.39, 0.29) is 0 Å². The summed E-state index contributed by atoms with van der Waals surface area (Å²) >= 11 is 0. The van der Waals surface area contributed by atoms with E-state index in [4.69, 9.17) is 0 Å². The van der Waals surface area contributed by atoms with Crippen molar-refractivity contribution in [3.63, 3.8) is 0 Å². The Morgan fingerprint density at radius 1 is 0.900 bits per heavy atom. The Kier molecular flexibility index (Phi) is 4.96. The van der Waals surface area contributed by atoms with Crippen LogP contribution < -0.4 is 5.32 Å². The van der Waals surface area contributed by atoms with Crippen molar-refractivity contribution in [1.29, 1.82) is 0 Å². The van der Waals surface area contributed by atoms with Crippen LogP contribution >= 0.6 is 0 Å². The van der Waals surface area contributed by atoms with E-state index in [1.165, 1.54) is 69.3 Å². The minimum Gasteiger partial charge on any atom is -0.385 e. The Morgan fingerprint density at radius 2 is 1.60 bits per heavy atom. The number of rotatable bonds is 5. The minimum atomic E-state index is 0.896. The second-order valence-corrected chi connectivity index (χ2v) is 6.57. The standard InChI is InChI=1S/C18H28N2/c1-2-6-16(7-3-1)14-19-18-10-8-17(9-11-18)15-20-12-4-5-13-20/h8-11,16,19H,1-7,12-15H2. The van der Waals surface area contributed by atoms with Crippen molar-refractivity contribution in [2.45, 2.75) is 51.5 Å². The van der Waals surface area contributed by atoms with Crippen LogP contribution in [0.3, 0.4) is 0 Å². The van der Waals surface area contributed by atoms with Crippen molar-refractivity contribution in [2.24, 2.45) is 5.92 Å². The fraction of sp³-hybridized carbons (Fsp3) is 0.667. The van der Waals surface area contributed by atoms with Gasteiger partial charge in [0.25, 0.3) is 0 Å². The van der Waals surface area contributed by atoms with Crippen molar-refractivity contribution in [2.75, 3.05) is 25.0 Å². The van der Waals surface area contributed by atoms with Crippen LogP contribution in [0.5, 0.6) is 0 Å². The number of hydrogen-bond donors (Lipinski definition) is 1. The van der Waals surface area contributed by atoms with Crippen LogP contribution in [0.2, 0.25) is 0 Å². The fourth-order valence-corrected chi connectivity index (χ4v) is 3.58. The number of hydrogen-bond acceptors (Lipinski definition) is 2. The summed E-state index contributed by atoms with van der Waals surface area (Å²) in [6.45, 7) is 4.84. The smallest absolute Gasteiger partial charge is 0.0340 e. The van der Waals surface area contributed by atoms with Gasteiger partial charge in [-0.25, -0.2) is 0 Å². The highest BCUT2D eigenvalue weighted by Gasteiger charge is 2.13. The van der Waals surface area contributed by atoms with Gasteiger partial charge in [0.1, 0.15) is 0 Å². The van der Waals surface area contributed by atoms with Gasteiger partial charge in [-0.1, -0.05) is 31.4 Å². The molecule has 3 rings (SSSR count). The Hall–Kier alpha value is -1.02. The molecule has 2 heteroatoms. The van der Waals surface area contributed by atoms with Crippen LogP contribution in [0.4, 0.5) is 5.69 Å². The first-order valence-corrected chi connectivity index (χ1v) is 8.45. The largest absolute Gasteiger partial charge is 0.385 e. The molecule has 1 aromatic carbocycles. The number of nitrogens with zero attached hydrogens (tertiary/aromatic N) is 1. The SMILES string of the molecule is c1cc(NCC2CCCCC2)ccc1CN1CCCC1. The first-order valence-electron chi connectivity index (χ1n) is 8.45. The topological polar surface area (TPSA) is 15.3 Å². The quantitative estimate of drug-likeness (QED) is 0.861. The average Bonchev–Trinajstić information content (AvgIpc) is 3.01. The molecule has 1 N–H and O–H groups in total. The number of likely N-dealkylation sites (tertiary alicyclic amines) is 1. The van der Waals surface area contributed by atoms with E-state index in [1.54, 1.807) is 0 Å². The van der Waals surface area contributed by atoms with Gasteiger partial charge in [-0.05, 0) is 62.4 Å². The molecule has 2 aliphatic rings. The molecule has 0 amide bonds. The van der Waals surface area contributed by atoms with Crippen LogP contribution in [0.15, 0.2) is 24.3 Å². The van der Waals surface area contributed by atoms with Crippen LogP contribution in [0.1, 0.15) is 50.5 Å². The number of benzene rings is 1. The van der Waals surface area contributed by atoms with E-state index >= 15 is 0 Å². The van der Waals surface area contributed by atoms with Crippen molar-refractivity contribution < 1.29 is 0 Å². The summed E-state index contributed by atoms with van der Waals surface area (Å²) < 4.78 is 0. The van der Waals surface area contributed by atoms with Gasteiger partial charge in [0.2, 0.25) is 0 Å².